The van der Waals surface area contributed by atoms with Gasteiger partial charge in [0.05, 0.1) is 0 Å². The molecule has 0 amide bonds. The van der Waals surface area contributed by atoms with E-state index in [1.54, 1.807) is 6.08 Å². The molecule has 0 saturated carbocycles. The van der Waals surface area contributed by atoms with E-state index in [-0.39, 0.29) is 0 Å². The lowest BCUT2D eigenvalue weighted by molar-refractivity contribution is 1.80. The maximum absolute atomic E-state index is 3.36. The standard InChI is InChI=1S/C3H6.C3H4/c2*1-3-2/h3H,1H2,2H3;1-2H2. The minimum absolute atomic E-state index is 1.75. The van der Waals surface area contributed by atoms with Gasteiger partial charge in [-0.1, -0.05) is 19.2 Å². The monoisotopic (exact) mass is 82.1 g/mol. The summed E-state index contributed by atoms with van der Waals surface area (Å²) in [5.41, 5.74) is 2.25. The molecule has 0 aromatic heterocycles. The molecule has 0 heteroatoms. The highest BCUT2D eigenvalue weighted by molar-refractivity contribution is 4.52. The molecule has 6 heavy (non-hydrogen) atoms. The third-order valence-corrected chi connectivity index (χ3v) is 0. The molecule has 0 nitrogen and oxygen atoms in total. The summed E-state index contributed by atoms with van der Waals surface area (Å²) in [7, 11) is 0. The quantitative estimate of drug-likeness (QED) is 0.310. The Hall–Kier alpha value is -0.740. The highest BCUT2D eigenvalue weighted by Gasteiger charge is 1.15. The fraction of sp³-hybridized carbons (Fsp3) is 0.167. The maximum Gasteiger partial charge on any atom is -0.0473 e. The van der Waals surface area contributed by atoms with Gasteiger partial charge in [-0.15, -0.1) is 12.3 Å². The van der Waals surface area contributed by atoms with Gasteiger partial charge >= 0.3 is 0 Å². The molecule has 0 aliphatic carbocycles. The lowest BCUT2D eigenvalue weighted by Gasteiger charge is -1.31. The van der Waals surface area contributed by atoms with E-state index in [4.69, 9.17) is 0 Å². The van der Waals surface area contributed by atoms with Crippen LogP contribution in [0.5, 0.6) is 0 Å². The van der Waals surface area contributed by atoms with Gasteiger partial charge < -0.3 is 0 Å². The van der Waals surface area contributed by atoms with Gasteiger partial charge in [-0.05, 0) is 6.92 Å². The van der Waals surface area contributed by atoms with Gasteiger partial charge in [0, 0.05) is 0 Å². The van der Waals surface area contributed by atoms with E-state index in [0.29, 0.717) is 0 Å². The molecule has 0 bridgehead atoms. The van der Waals surface area contributed by atoms with E-state index in [1.165, 1.54) is 0 Å². The van der Waals surface area contributed by atoms with Crippen molar-refractivity contribution in [2.24, 2.45) is 0 Å². The van der Waals surface area contributed by atoms with Gasteiger partial charge in [0.25, 0.3) is 0 Å². The van der Waals surface area contributed by atoms with Crippen LogP contribution in [0.2, 0.25) is 0 Å². The smallest absolute Gasteiger partial charge is 0.0473 e. The van der Waals surface area contributed by atoms with E-state index >= 15 is 0 Å². The molecular formula is C6H10. The Morgan fingerprint density at radius 3 is 1.50 bits per heavy atom. The molecule has 0 aromatic rings. The fourth-order valence-electron chi connectivity index (χ4n) is 0. The van der Waals surface area contributed by atoms with Crippen LogP contribution in [0.4, 0.5) is 0 Å². The van der Waals surface area contributed by atoms with Crippen molar-refractivity contribution in [3.8, 4) is 0 Å². The molecule has 0 radical (unpaired) electrons. The van der Waals surface area contributed by atoms with E-state index in [0.717, 1.165) is 0 Å². The molecule has 34 valence electrons. The third kappa shape index (κ3) is 30.4. The highest BCUT2D eigenvalue weighted by atomic mass is 13.2. The summed E-state index contributed by atoms with van der Waals surface area (Å²) in [6.07, 6.45) is 1.75. The molecular weight excluding hydrogens is 72.1 g/mol. The molecule has 0 aliphatic heterocycles. The Bertz CT molecular complexity index is 45.1. The highest BCUT2D eigenvalue weighted by Crippen LogP contribution is 1.38. The first kappa shape index (κ1) is 8.98. The van der Waals surface area contributed by atoms with Crippen LogP contribution in [0, 0.1) is 0 Å². The average molecular weight is 82.1 g/mol. The van der Waals surface area contributed by atoms with Crippen molar-refractivity contribution in [3.05, 3.63) is 31.5 Å². The minimum Gasteiger partial charge on any atom is -0.137 e. The largest absolute Gasteiger partial charge is 0.137 e. The number of hydrogen-bond acceptors (Lipinski definition) is 0. The second-order valence-corrected chi connectivity index (χ2v) is 0.658. The summed E-state index contributed by atoms with van der Waals surface area (Å²) in [6, 6.07) is 0. The van der Waals surface area contributed by atoms with Crippen LogP contribution in [0.25, 0.3) is 0 Å². The SMILES string of the molecule is C=C=C.C=CC. The van der Waals surface area contributed by atoms with Crippen LogP contribution >= 0.6 is 0 Å². The minimum atomic E-state index is 1.75. The molecule has 0 unspecified atom stereocenters. The predicted octanol–water partition coefficient (Wildman–Crippen LogP) is 2.15. The Morgan fingerprint density at radius 1 is 1.50 bits per heavy atom. The molecule has 0 N–H and O–H groups in total. The lowest BCUT2D eigenvalue weighted by Crippen LogP contribution is -1.07. The van der Waals surface area contributed by atoms with Crippen molar-refractivity contribution >= 4 is 0 Å². The summed E-state index contributed by atoms with van der Waals surface area (Å²) >= 11 is 0. The Morgan fingerprint density at radius 2 is 1.50 bits per heavy atom. The van der Waals surface area contributed by atoms with Gasteiger partial charge in [0.2, 0.25) is 0 Å². The summed E-state index contributed by atoms with van der Waals surface area (Å²) in [5, 5.41) is 0. The first-order valence-electron chi connectivity index (χ1n) is 1.69. The van der Waals surface area contributed by atoms with Crippen molar-refractivity contribution in [1.82, 2.24) is 0 Å². The zero-order valence-electron chi connectivity index (χ0n) is 4.20. The predicted molar refractivity (Wildman–Crippen MR) is 30.6 cm³/mol. The van der Waals surface area contributed by atoms with Crippen molar-refractivity contribution in [2.45, 2.75) is 6.92 Å². The second-order valence-electron chi connectivity index (χ2n) is 0.658. The Labute approximate surface area is 39.5 Å². The first-order chi connectivity index (χ1) is 2.83. The van der Waals surface area contributed by atoms with Crippen LogP contribution in [0.1, 0.15) is 6.92 Å². The van der Waals surface area contributed by atoms with Crippen molar-refractivity contribution in [2.75, 3.05) is 0 Å². The van der Waals surface area contributed by atoms with Crippen LogP contribution in [0.15, 0.2) is 31.5 Å². The van der Waals surface area contributed by atoms with Gasteiger partial charge in [0.1, 0.15) is 0 Å². The zero-order valence-corrected chi connectivity index (χ0v) is 4.20. The van der Waals surface area contributed by atoms with Crippen LogP contribution in [-0.4, -0.2) is 0 Å². The summed E-state index contributed by atoms with van der Waals surface area (Å²) in [4.78, 5) is 0. The average Bonchev–Trinajstić information content (AvgIpc) is 1.39. The van der Waals surface area contributed by atoms with Crippen molar-refractivity contribution < 1.29 is 0 Å². The molecule has 0 heterocycles. The number of hydrogen-bond donors (Lipinski definition) is 0. The van der Waals surface area contributed by atoms with Crippen LogP contribution in [0.3, 0.4) is 0 Å². The first-order valence-corrected chi connectivity index (χ1v) is 1.69. The van der Waals surface area contributed by atoms with Crippen LogP contribution < -0.4 is 0 Å². The van der Waals surface area contributed by atoms with Gasteiger partial charge in [-0.25, -0.2) is 0 Å². The van der Waals surface area contributed by atoms with E-state index in [2.05, 4.69) is 25.5 Å². The van der Waals surface area contributed by atoms with Crippen molar-refractivity contribution in [3.63, 3.8) is 0 Å². The summed E-state index contributed by atoms with van der Waals surface area (Å²) in [6.45, 7) is 11.5. The number of rotatable bonds is 0. The third-order valence-electron chi connectivity index (χ3n) is 0. The molecule has 0 fully saturated rings. The Kier molecular flexibility index (Phi) is 42.7. The summed E-state index contributed by atoms with van der Waals surface area (Å²) < 4.78 is 0. The van der Waals surface area contributed by atoms with Gasteiger partial charge in [0.15, 0.2) is 0 Å². The van der Waals surface area contributed by atoms with Crippen LogP contribution in [-0.2, 0) is 0 Å². The van der Waals surface area contributed by atoms with E-state index < -0.39 is 0 Å². The lowest BCUT2D eigenvalue weighted by atomic mass is 10.8. The zero-order chi connectivity index (χ0) is 5.41. The normalized spacial score (nSPS) is 3.50. The number of allylic oxidation sites excluding steroid dienone is 1. The van der Waals surface area contributed by atoms with E-state index in [9.17, 15) is 0 Å². The fourth-order valence-corrected chi connectivity index (χ4v) is 0. The Balaban J connectivity index is 0. The summed E-state index contributed by atoms with van der Waals surface area (Å²) in [5.74, 6) is 0. The molecule has 0 saturated heterocycles. The molecule has 0 spiro atoms. The van der Waals surface area contributed by atoms with Gasteiger partial charge in [-0.2, -0.15) is 0 Å². The maximum atomic E-state index is 3.36. The second kappa shape index (κ2) is 28.5. The molecule has 0 aromatic carbocycles. The van der Waals surface area contributed by atoms with Crippen molar-refractivity contribution in [1.29, 1.82) is 0 Å². The van der Waals surface area contributed by atoms with E-state index in [1.807, 2.05) is 6.92 Å². The molecule has 0 atom stereocenters. The van der Waals surface area contributed by atoms with Gasteiger partial charge in [-0.3, -0.25) is 0 Å². The molecule has 0 aliphatic rings. The topological polar surface area (TPSA) is 0 Å². The molecule has 0 rings (SSSR count).